The molecule has 0 aliphatic carbocycles. The Hall–Kier alpha value is -2.86. The summed E-state index contributed by atoms with van der Waals surface area (Å²) in [6.45, 7) is 6.08. The minimum Gasteiger partial charge on any atom is -0.403 e. The summed E-state index contributed by atoms with van der Waals surface area (Å²) >= 11 is 0. The summed E-state index contributed by atoms with van der Waals surface area (Å²) in [5, 5.41) is 3.94. The van der Waals surface area contributed by atoms with Crippen molar-refractivity contribution in [1.82, 2.24) is 5.32 Å². The molecule has 0 radical (unpaired) electrons. The molecule has 3 rings (SSSR count). The van der Waals surface area contributed by atoms with Gasteiger partial charge in [-0.2, -0.15) is 5.06 Å². The molecular weight excluding hydrogens is 320 g/mol. The molecule has 1 amide bonds. The van der Waals surface area contributed by atoms with Gasteiger partial charge in [-0.15, -0.1) is 0 Å². The van der Waals surface area contributed by atoms with E-state index < -0.39 is 5.63 Å². The molecule has 0 atom stereocenters. The van der Waals surface area contributed by atoms with Crippen LogP contribution >= 0.6 is 0 Å². The van der Waals surface area contributed by atoms with Gasteiger partial charge in [0.05, 0.1) is 0 Å². The zero-order valence-electron chi connectivity index (χ0n) is 14.1. The molecule has 0 unspecified atom stereocenters. The van der Waals surface area contributed by atoms with Crippen LogP contribution in [0.3, 0.4) is 0 Å². The number of unbranched alkanes of at least 4 members (excludes halogenated alkanes) is 1. The third-order valence-corrected chi connectivity index (χ3v) is 3.94. The van der Waals surface area contributed by atoms with Gasteiger partial charge in [0.15, 0.2) is 0 Å². The van der Waals surface area contributed by atoms with E-state index in [4.69, 9.17) is 9.25 Å². The lowest BCUT2D eigenvalue weighted by atomic mass is 10.0. The van der Waals surface area contributed by atoms with Gasteiger partial charge in [0.1, 0.15) is 18.0 Å². The number of benzene rings is 1. The van der Waals surface area contributed by atoms with Crippen LogP contribution < -0.4 is 16.0 Å². The number of rotatable bonds is 6. The van der Waals surface area contributed by atoms with Gasteiger partial charge in [0.25, 0.3) is 5.91 Å². The molecule has 0 saturated heterocycles. The van der Waals surface area contributed by atoms with Gasteiger partial charge in [-0.25, -0.2) is 4.79 Å². The number of hydrogen-bond acceptors (Lipinski definition) is 5. The van der Waals surface area contributed by atoms with Crippen molar-refractivity contribution in [1.29, 1.82) is 0 Å². The van der Waals surface area contributed by atoms with Crippen LogP contribution in [0.25, 0.3) is 0 Å². The van der Waals surface area contributed by atoms with Crippen LogP contribution in [0.4, 0.5) is 5.88 Å². The molecule has 0 saturated carbocycles. The Kier molecular flexibility index (Phi) is 5.00. The smallest absolute Gasteiger partial charge is 0.337 e. The van der Waals surface area contributed by atoms with Gasteiger partial charge in [0.2, 0.25) is 5.88 Å². The maximum atomic E-state index is 12.4. The Morgan fingerprint density at radius 2 is 2.00 bits per heavy atom. The third-order valence-electron chi connectivity index (χ3n) is 3.94. The van der Waals surface area contributed by atoms with Crippen molar-refractivity contribution in [2.45, 2.75) is 32.8 Å². The number of hydroxylamine groups is 1. The fourth-order valence-corrected chi connectivity index (χ4v) is 2.69. The summed E-state index contributed by atoms with van der Waals surface area (Å²) in [5.74, 6) is -0.0399. The highest BCUT2D eigenvalue weighted by molar-refractivity contribution is 6.03. The van der Waals surface area contributed by atoms with E-state index in [0.29, 0.717) is 17.5 Å². The van der Waals surface area contributed by atoms with Crippen LogP contribution in [-0.2, 0) is 17.9 Å². The SMILES string of the molecule is C=C1NC(=O)c2c(CCCC)cc(=O)oc2N1OCc1ccccc1. The number of fused-ring (bicyclic) bond motifs is 1. The molecule has 1 N–H and O–H groups in total. The average Bonchev–Trinajstić information content (AvgIpc) is 2.59. The van der Waals surface area contributed by atoms with Gasteiger partial charge in [-0.3, -0.25) is 9.63 Å². The number of anilines is 1. The minimum atomic E-state index is -0.513. The molecule has 1 aliphatic heterocycles. The molecule has 6 nitrogen and oxygen atoms in total. The van der Waals surface area contributed by atoms with E-state index in [1.54, 1.807) is 0 Å². The monoisotopic (exact) mass is 340 g/mol. The zero-order valence-corrected chi connectivity index (χ0v) is 14.1. The summed E-state index contributed by atoms with van der Waals surface area (Å²) in [7, 11) is 0. The van der Waals surface area contributed by atoms with Crippen molar-refractivity contribution < 1.29 is 14.0 Å². The van der Waals surface area contributed by atoms with Crippen LogP contribution in [-0.4, -0.2) is 5.91 Å². The molecule has 25 heavy (non-hydrogen) atoms. The van der Waals surface area contributed by atoms with Gasteiger partial charge in [-0.05, 0) is 24.0 Å². The normalized spacial score (nSPS) is 13.6. The Labute approximate surface area is 145 Å². The Balaban J connectivity index is 1.94. The fraction of sp³-hybridized carbons (Fsp3) is 0.263. The molecule has 0 fully saturated rings. The molecular formula is C19H20N2O4. The van der Waals surface area contributed by atoms with Crippen molar-refractivity contribution >= 4 is 11.8 Å². The first kappa shape index (κ1) is 17.0. The summed E-state index contributed by atoms with van der Waals surface area (Å²) in [6, 6.07) is 10.9. The highest BCUT2D eigenvalue weighted by atomic mass is 16.7. The summed E-state index contributed by atoms with van der Waals surface area (Å²) < 4.78 is 5.29. The molecule has 130 valence electrons. The summed E-state index contributed by atoms with van der Waals surface area (Å²) in [6.07, 6.45) is 2.45. The van der Waals surface area contributed by atoms with Crippen LogP contribution in [0.5, 0.6) is 0 Å². The van der Waals surface area contributed by atoms with Crippen molar-refractivity contribution in [2.24, 2.45) is 0 Å². The highest BCUT2D eigenvalue weighted by Gasteiger charge is 2.32. The maximum absolute atomic E-state index is 12.4. The molecule has 0 spiro atoms. The second-order valence-corrected chi connectivity index (χ2v) is 5.83. The van der Waals surface area contributed by atoms with E-state index in [2.05, 4.69) is 18.8 Å². The molecule has 6 heteroatoms. The van der Waals surface area contributed by atoms with E-state index in [1.807, 2.05) is 30.3 Å². The lowest BCUT2D eigenvalue weighted by Crippen LogP contribution is -2.42. The lowest BCUT2D eigenvalue weighted by Gasteiger charge is -2.30. The van der Waals surface area contributed by atoms with Crippen LogP contribution in [0, 0.1) is 0 Å². The fourth-order valence-electron chi connectivity index (χ4n) is 2.69. The van der Waals surface area contributed by atoms with Gasteiger partial charge >= 0.3 is 5.63 Å². The quantitative estimate of drug-likeness (QED) is 0.875. The van der Waals surface area contributed by atoms with Crippen LogP contribution in [0.1, 0.15) is 41.3 Å². The minimum absolute atomic E-state index is 0.0864. The second-order valence-electron chi connectivity index (χ2n) is 5.83. The van der Waals surface area contributed by atoms with Crippen LogP contribution in [0.15, 0.2) is 58.0 Å². The molecule has 0 bridgehead atoms. The van der Waals surface area contributed by atoms with Crippen molar-refractivity contribution in [3.63, 3.8) is 0 Å². The van der Waals surface area contributed by atoms with E-state index in [1.165, 1.54) is 11.1 Å². The highest BCUT2D eigenvalue weighted by Crippen LogP contribution is 2.30. The molecule has 2 heterocycles. The van der Waals surface area contributed by atoms with Crippen LogP contribution in [0.2, 0.25) is 0 Å². The summed E-state index contributed by atoms with van der Waals surface area (Å²) in [5.41, 5.74) is 1.42. The van der Waals surface area contributed by atoms with Gasteiger partial charge in [-0.1, -0.05) is 50.3 Å². The van der Waals surface area contributed by atoms with E-state index in [0.717, 1.165) is 18.4 Å². The first-order chi connectivity index (χ1) is 12.1. The van der Waals surface area contributed by atoms with E-state index in [9.17, 15) is 9.59 Å². The maximum Gasteiger partial charge on any atom is 0.337 e. The van der Waals surface area contributed by atoms with E-state index >= 15 is 0 Å². The molecule has 1 aromatic carbocycles. The predicted molar refractivity (Wildman–Crippen MR) is 93.9 cm³/mol. The standard InChI is InChI=1S/C19H20N2O4/c1-3-4-10-15-11-16(22)25-19-17(15)18(23)20-13(2)21(19)24-12-14-8-6-5-7-9-14/h5-9,11H,2-4,10,12H2,1H3,(H,20,23). The number of carbonyl (C=O) groups is 1. The molecule has 2 aromatic rings. The van der Waals surface area contributed by atoms with Crippen molar-refractivity contribution in [2.75, 3.05) is 5.06 Å². The van der Waals surface area contributed by atoms with Gasteiger partial charge in [0, 0.05) is 6.07 Å². The van der Waals surface area contributed by atoms with Crippen molar-refractivity contribution in [3.05, 3.63) is 75.9 Å². The first-order valence-electron chi connectivity index (χ1n) is 8.24. The predicted octanol–water partition coefficient (Wildman–Crippen LogP) is 3.14. The number of hydrogen-bond donors (Lipinski definition) is 1. The molecule has 1 aromatic heterocycles. The zero-order chi connectivity index (χ0) is 17.8. The number of amides is 1. The number of carbonyl (C=O) groups excluding carboxylic acids is 1. The van der Waals surface area contributed by atoms with E-state index in [-0.39, 0.29) is 24.2 Å². The van der Waals surface area contributed by atoms with Crippen molar-refractivity contribution in [3.8, 4) is 0 Å². The number of nitrogens with one attached hydrogen (secondary N) is 1. The lowest BCUT2D eigenvalue weighted by molar-refractivity contribution is 0.0793. The number of aryl methyl sites for hydroxylation is 1. The average molecular weight is 340 g/mol. The van der Waals surface area contributed by atoms with Gasteiger partial charge < -0.3 is 9.73 Å². The Morgan fingerprint density at radius 3 is 2.72 bits per heavy atom. The Bertz CT molecular complexity index is 842. The Morgan fingerprint density at radius 1 is 1.24 bits per heavy atom. The summed E-state index contributed by atoms with van der Waals surface area (Å²) in [4.78, 5) is 30.1. The largest absolute Gasteiger partial charge is 0.403 e. The first-order valence-corrected chi connectivity index (χ1v) is 8.24. The topological polar surface area (TPSA) is 71.8 Å². The molecule has 1 aliphatic rings. The second kappa shape index (κ2) is 7.36. The third kappa shape index (κ3) is 3.64. The number of nitrogens with zero attached hydrogens (tertiary/aromatic N) is 1.